The lowest BCUT2D eigenvalue weighted by Crippen LogP contribution is -2.24. The predicted octanol–water partition coefficient (Wildman–Crippen LogP) is 3.20. The van der Waals surface area contributed by atoms with Gasteiger partial charge < -0.3 is 4.57 Å². The summed E-state index contributed by atoms with van der Waals surface area (Å²) in [7, 11) is -3.95. The quantitative estimate of drug-likeness (QED) is 0.715. The minimum absolute atomic E-state index is 0.0652. The van der Waals surface area contributed by atoms with Gasteiger partial charge in [0.15, 0.2) is 0 Å². The van der Waals surface area contributed by atoms with Crippen molar-refractivity contribution in [3.8, 4) is 0 Å². The fourth-order valence-electron chi connectivity index (χ4n) is 2.30. The molecule has 0 spiro atoms. The summed E-state index contributed by atoms with van der Waals surface area (Å²) in [5.74, 6) is -0.879. The van der Waals surface area contributed by atoms with E-state index in [2.05, 4.69) is 9.71 Å². The summed E-state index contributed by atoms with van der Waals surface area (Å²) in [5.41, 5.74) is 1.83. The first-order chi connectivity index (χ1) is 11.9. The third-order valence-electron chi connectivity index (χ3n) is 3.60. The second-order valence-electron chi connectivity index (χ2n) is 5.45. The number of halogens is 2. The summed E-state index contributed by atoms with van der Waals surface area (Å²) in [4.78, 5) is 3.56. The Kier molecular flexibility index (Phi) is 5.17. The lowest BCUT2D eigenvalue weighted by atomic mass is 10.1. The Morgan fingerprint density at radius 2 is 1.84 bits per heavy atom. The first kappa shape index (κ1) is 17.6. The maximum Gasteiger partial charge on any atom is 0.243 e. The summed E-state index contributed by atoms with van der Waals surface area (Å²) in [5, 5.41) is 0.143. The average Bonchev–Trinajstić information content (AvgIpc) is 3.07. The van der Waals surface area contributed by atoms with E-state index in [4.69, 9.17) is 11.6 Å². The van der Waals surface area contributed by atoms with Gasteiger partial charge in [-0.15, -0.1) is 0 Å². The van der Waals surface area contributed by atoms with Gasteiger partial charge in [-0.3, -0.25) is 0 Å². The molecule has 5 nitrogen and oxygen atoms in total. The Morgan fingerprint density at radius 1 is 1.12 bits per heavy atom. The van der Waals surface area contributed by atoms with Crippen LogP contribution in [0.15, 0.2) is 66.1 Å². The standard InChI is InChI=1S/C17H15ClFN3O2S/c18-15-5-6-17(16(19)9-15)25(23,24)21-10-13-1-3-14(4-2-13)11-22-8-7-20-12-22/h1-9,12,21H,10-11H2. The van der Waals surface area contributed by atoms with E-state index in [9.17, 15) is 12.8 Å². The highest BCUT2D eigenvalue weighted by Gasteiger charge is 2.18. The molecule has 0 unspecified atom stereocenters. The molecule has 3 rings (SSSR count). The van der Waals surface area contributed by atoms with Crippen LogP contribution >= 0.6 is 11.6 Å². The topological polar surface area (TPSA) is 64.0 Å². The number of nitrogens with zero attached hydrogens (tertiary/aromatic N) is 2. The van der Waals surface area contributed by atoms with E-state index in [0.717, 1.165) is 23.3 Å². The van der Waals surface area contributed by atoms with Gasteiger partial charge in [-0.05, 0) is 29.3 Å². The van der Waals surface area contributed by atoms with Crippen LogP contribution in [-0.2, 0) is 23.1 Å². The predicted molar refractivity (Wildman–Crippen MR) is 93.2 cm³/mol. The highest BCUT2D eigenvalue weighted by atomic mass is 35.5. The first-order valence-corrected chi connectivity index (χ1v) is 9.28. The SMILES string of the molecule is O=S(=O)(NCc1ccc(Cn2ccnc2)cc1)c1ccc(Cl)cc1F. The van der Waals surface area contributed by atoms with Gasteiger partial charge in [0.2, 0.25) is 10.0 Å². The highest BCUT2D eigenvalue weighted by Crippen LogP contribution is 2.19. The summed E-state index contributed by atoms with van der Waals surface area (Å²) in [6, 6.07) is 10.9. The van der Waals surface area contributed by atoms with Crippen molar-refractivity contribution in [2.75, 3.05) is 0 Å². The molecule has 0 radical (unpaired) electrons. The van der Waals surface area contributed by atoms with Gasteiger partial charge in [-0.2, -0.15) is 0 Å². The maximum atomic E-state index is 13.8. The largest absolute Gasteiger partial charge is 0.333 e. The molecule has 0 saturated carbocycles. The molecule has 0 aliphatic heterocycles. The van der Waals surface area contributed by atoms with Crippen LogP contribution in [0.2, 0.25) is 5.02 Å². The smallest absolute Gasteiger partial charge is 0.243 e. The number of nitrogens with one attached hydrogen (secondary N) is 1. The number of hydrogen-bond acceptors (Lipinski definition) is 3. The molecule has 25 heavy (non-hydrogen) atoms. The molecule has 1 aromatic heterocycles. The highest BCUT2D eigenvalue weighted by molar-refractivity contribution is 7.89. The van der Waals surface area contributed by atoms with Gasteiger partial charge in [0, 0.05) is 30.5 Å². The molecule has 2 aromatic carbocycles. The third-order valence-corrected chi connectivity index (χ3v) is 5.27. The fraction of sp³-hybridized carbons (Fsp3) is 0.118. The summed E-state index contributed by atoms with van der Waals surface area (Å²) in [6.45, 7) is 0.748. The molecule has 0 bridgehead atoms. The first-order valence-electron chi connectivity index (χ1n) is 7.42. The minimum Gasteiger partial charge on any atom is -0.333 e. The third kappa shape index (κ3) is 4.45. The molecule has 1 heterocycles. The molecule has 0 amide bonds. The molecule has 130 valence electrons. The van der Waals surface area contributed by atoms with Crippen LogP contribution < -0.4 is 4.72 Å². The van der Waals surface area contributed by atoms with Gasteiger partial charge in [0.1, 0.15) is 10.7 Å². The van der Waals surface area contributed by atoms with E-state index in [0.29, 0.717) is 6.54 Å². The van der Waals surface area contributed by atoms with Crippen LogP contribution in [0.4, 0.5) is 4.39 Å². The molecule has 0 atom stereocenters. The number of aromatic nitrogens is 2. The van der Waals surface area contributed by atoms with E-state index < -0.39 is 20.7 Å². The van der Waals surface area contributed by atoms with Gasteiger partial charge in [-0.25, -0.2) is 22.5 Å². The van der Waals surface area contributed by atoms with Crippen molar-refractivity contribution in [2.45, 2.75) is 18.0 Å². The fourth-order valence-corrected chi connectivity index (χ4v) is 3.54. The molecule has 0 saturated heterocycles. The van der Waals surface area contributed by atoms with Crippen molar-refractivity contribution in [1.29, 1.82) is 0 Å². The van der Waals surface area contributed by atoms with E-state index in [1.807, 2.05) is 35.0 Å². The normalized spacial score (nSPS) is 11.6. The van der Waals surface area contributed by atoms with Crippen LogP contribution in [0.3, 0.4) is 0 Å². The molecule has 0 fully saturated rings. The minimum atomic E-state index is -3.95. The summed E-state index contributed by atoms with van der Waals surface area (Å²) < 4.78 is 42.5. The molecule has 0 aliphatic rings. The van der Waals surface area contributed by atoms with Crippen molar-refractivity contribution in [3.63, 3.8) is 0 Å². The zero-order valence-corrected chi connectivity index (χ0v) is 14.6. The van der Waals surface area contributed by atoms with Gasteiger partial charge in [0.25, 0.3) is 0 Å². The Balaban J connectivity index is 1.66. The summed E-state index contributed by atoms with van der Waals surface area (Å²) >= 11 is 5.64. The van der Waals surface area contributed by atoms with Crippen molar-refractivity contribution in [2.24, 2.45) is 0 Å². The number of hydrogen-bond donors (Lipinski definition) is 1. The average molecular weight is 380 g/mol. The second kappa shape index (κ2) is 7.35. The molecular formula is C17H15ClFN3O2S. The monoisotopic (exact) mass is 379 g/mol. The number of sulfonamides is 1. The lowest BCUT2D eigenvalue weighted by molar-refractivity contribution is 0.557. The van der Waals surface area contributed by atoms with Crippen molar-refractivity contribution < 1.29 is 12.8 Å². The Labute approximate surface area is 150 Å². The van der Waals surface area contributed by atoms with Gasteiger partial charge in [-0.1, -0.05) is 35.9 Å². The Hall–Kier alpha value is -2.22. The van der Waals surface area contributed by atoms with Crippen molar-refractivity contribution in [3.05, 3.63) is 83.2 Å². The van der Waals surface area contributed by atoms with E-state index in [1.54, 1.807) is 12.5 Å². The van der Waals surface area contributed by atoms with Gasteiger partial charge >= 0.3 is 0 Å². The Bertz CT molecular complexity index is 958. The molecule has 8 heteroatoms. The number of rotatable bonds is 6. The van der Waals surface area contributed by atoms with Crippen LogP contribution in [0.5, 0.6) is 0 Å². The number of benzene rings is 2. The van der Waals surface area contributed by atoms with Crippen LogP contribution in [0.1, 0.15) is 11.1 Å². The molecule has 1 N–H and O–H groups in total. The zero-order chi connectivity index (χ0) is 17.9. The summed E-state index contributed by atoms with van der Waals surface area (Å²) in [6.07, 6.45) is 5.30. The second-order valence-corrected chi connectivity index (χ2v) is 7.62. The van der Waals surface area contributed by atoms with E-state index in [-0.39, 0.29) is 11.6 Å². The zero-order valence-electron chi connectivity index (χ0n) is 13.1. The van der Waals surface area contributed by atoms with E-state index in [1.165, 1.54) is 6.07 Å². The lowest BCUT2D eigenvalue weighted by Gasteiger charge is -2.09. The molecular weight excluding hydrogens is 365 g/mol. The van der Waals surface area contributed by atoms with Crippen LogP contribution in [-0.4, -0.2) is 18.0 Å². The molecule has 0 aliphatic carbocycles. The van der Waals surface area contributed by atoms with E-state index >= 15 is 0 Å². The van der Waals surface area contributed by atoms with Crippen molar-refractivity contribution >= 4 is 21.6 Å². The van der Waals surface area contributed by atoms with Crippen LogP contribution in [0.25, 0.3) is 0 Å². The molecule has 3 aromatic rings. The van der Waals surface area contributed by atoms with Gasteiger partial charge in [0.05, 0.1) is 6.33 Å². The number of imidazole rings is 1. The van der Waals surface area contributed by atoms with Crippen molar-refractivity contribution in [1.82, 2.24) is 14.3 Å². The maximum absolute atomic E-state index is 13.8. The Morgan fingerprint density at radius 3 is 2.48 bits per heavy atom. The van der Waals surface area contributed by atoms with Crippen LogP contribution in [0, 0.1) is 5.82 Å².